The quantitative estimate of drug-likeness (QED) is 0.814. The molecule has 0 saturated carbocycles. The number of carbonyl (C=O) groups is 2. The summed E-state index contributed by atoms with van der Waals surface area (Å²) >= 11 is 12.0. The average molecular weight is 391 g/mol. The summed E-state index contributed by atoms with van der Waals surface area (Å²) in [5.74, 6) is 0.0829. The molecule has 1 aliphatic rings. The van der Waals surface area contributed by atoms with Crippen LogP contribution in [-0.2, 0) is 16.0 Å². The fraction of sp³-hybridized carbons (Fsp3) is 0.300. The number of nitrogens with one attached hydrogen (secondary N) is 1. The number of carbonyl (C=O) groups excluding carboxylic acids is 2. The van der Waals surface area contributed by atoms with E-state index < -0.39 is 0 Å². The zero-order valence-electron chi connectivity index (χ0n) is 14.5. The highest BCUT2D eigenvalue weighted by Gasteiger charge is 2.21. The third-order valence-electron chi connectivity index (χ3n) is 4.51. The van der Waals surface area contributed by atoms with E-state index in [9.17, 15) is 9.59 Å². The highest BCUT2D eigenvalue weighted by atomic mass is 35.5. The number of hydrogen-bond donors (Lipinski definition) is 1. The van der Waals surface area contributed by atoms with Crippen LogP contribution in [0.15, 0.2) is 42.5 Å². The van der Waals surface area contributed by atoms with Crippen LogP contribution in [0.25, 0.3) is 0 Å². The van der Waals surface area contributed by atoms with Gasteiger partial charge in [0.05, 0.1) is 22.5 Å². The molecule has 3 rings (SSSR count). The van der Waals surface area contributed by atoms with Gasteiger partial charge >= 0.3 is 0 Å². The van der Waals surface area contributed by atoms with Gasteiger partial charge in [-0.1, -0.05) is 41.4 Å². The Labute approximate surface area is 163 Å². The second-order valence-corrected chi connectivity index (χ2v) is 7.27. The number of hydrogen-bond acceptors (Lipinski definition) is 2. The minimum atomic E-state index is -0.168. The van der Waals surface area contributed by atoms with Gasteiger partial charge in [-0.2, -0.15) is 0 Å². The first kappa shape index (κ1) is 18.7. The first-order valence-corrected chi connectivity index (χ1v) is 9.33. The lowest BCUT2D eigenvalue weighted by Gasteiger charge is -2.17. The van der Waals surface area contributed by atoms with Crippen molar-refractivity contribution >= 4 is 40.7 Å². The maximum absolute atomic E-state index is 12.3. The van der Waals surface area contributed by atoms with Crippen molar-refractivity contribution in [3.8, 4) is 0 Å². The summed E-state index contributed by atoms with van der Waals surface area (Å²) < 4.78 is 0. The molecule has 2 amide bonds. The van der Waals surface area contributed by atoms with E-state index in [1.165, 1.54) is 0 Å². The number of rotatable bonds is 5. The maximum Gasteiger partial charge on any atom is 0.227 e. The van der Waals surface area contributed by atoms with Crippen LogP contribution in [0.1, 0.15) is 36.9 Å². The van der Waals surface area contributed by atoms with Crippen molar-refractivity contribution in [3.05, 3.63) is 63.6 Å². The number of halogens is 2. The van der Waals surface area contributed by atoms with Gasteiger partial charge in [0, 0.05) is 18.7 Å². The molecule has 1 N–H and O–H groups in total. The highest BCUT2D eigenvalue weighted by Crippen LogP contribution is 2.26. The molecule has 1 saturated heterocycles. The van der Waals surface area contributed by atoms with Gasteiger partial charge in [0.1, 0.15) is 0 Å². The molecule has 1 atom stereocenters. The third-order valence-corrected chi connectivity index (χ3v) is 5.25. The molecule has 1 fully saturated rings. The molecule has 0 aromatic heterocycles. The summed E-state index contributed by atoms with van der Waals surface area (Å²) in [7, 11) is 0. The fourth-order valence-electron chi connectivity index (χ4n) is 3.06. The number of nitrogens with zero attached hydrogens (tertiary/aromatic N) is 1. The first-order chi connectivity index (χ1) is 12.4. The second kappa shape index (κ2) is 8.11. The van der Waals surface area contributed by atoms with E-state index >= 15 is 0 Å². The molecule has 0 bridgehead atoms. The third kappa shape index (κ3) is 4.37. The largest absolute Gasteiger partial charge is 0.349 e. The van der Waals surface area contributed by atoms with Gasteiger partial charge in [0.2, 0.25) is 11.8 Å². The van der Waals surface area contributed by atoms with Gasteiger partial charge in [-0.15, -0.1) is 0 Å². The van der Waals surface area contributed by atoms with Crippen LogP contribution in [0, 0.1) is 0 Å². The Morgan fingerprint density at radius 2 is 1.88 bits per heavy atom. The van der Waals surface area contributed by atoms with E-state index in [2.05, 4.69) is 5.32 Å². The molecule has 1 aliphatic heterocycles. The van der Waals surface area contributed by atoms with Crippen molar-refractivity contribution in [2.75, 3.05) is 11.4 Å². The van der Waals surface area contributed by atoms with Crippen LogP contribution >= 0.6 is 23.2 Å². The molecule has 2 aromatic carbocycles. The molecule has 4 nitrogen and oxygen atoms in total. The minimum Gasteiger partial charge on any atom is -0.349 e. The van der Waals surface area contributed by atoms with E-state index in [-0.39, 0.29) is 24.3 Å². The summed E-state index contributed by atoms with van der Waals surface area (Å²) in [6.07, 6.45) is 1.78. The molecule has 0 unspecified atom stereocenters. The average Bonchev–Trinajstić information content (AvgIpc) is 3.04. The molecule has 2 aromatic rings. The Balaban J connectivity index is 1.59. The van der Waals surface area contributed by atoms with Gasteiger partial charge < -0.3 is 10.2 Å². The van der Waals surface area contributed by atoms with E-state index in [0.29, 0.717) is 16.5 Å². The molecule has 0 aliphatic carbocycles. The van der Waals surface area contributed by atoms with Crippen molar-refractivity contribution in [3.63, 3.8) is 0 Å². The lowest BCUT2D eigenvalue weighted by molar-refractivity contribution is -0.121. The van der Waals surface area contributed by atoms with Gasteiger partial charge in [-0.05, 0) is 48.7 Å². The van der Waals surface area contributed by atoms with Crippen LogP contribution < -0.4 is 10.2 Å². The standard InChI is InChI=1S/C20H20Cl2N2O2/c1-13(15-6-9-17(21)18(22)12-15)23-19(25)11-14-4-7-16(8-5-14)24-10-2-3-20(24)26/h4-9,12-13H,2-3,10-11H2,1H3,(H,23,25)/t13-/m1/s1. The molecular formula is C20H20Cl2N2O2. The Morgan fingerprint density at radius 3 is 2.50 bits per heavy atom. The van der Waals surface area contributed by atoms with Crippen LogP contribution in [0.2, 0.25) is 10.0 Å². The summed E-state index contributed by atoms with van der Waals surface area (Å²) in [4.78, 5) is 25.9. The minimum absolute atomic E-state index is 0.0754. The lowest BCUT2D eigenvalue weighted by atomic mass is 10.1. The van der Waals surface area contributed by atoms with E-state index in [1.54, 1.807) is 17.0 Å². The van der Waals surface area contributed by atoms with Crippen LogP contribution in [0.4, 0.5) is 5.69 Å². The summed E-state index contributed by atoms with van der Waals surface area (Å²) in [5, 5.41) is 3.92. The van der Waals surface area contributed by atoms with Crippen LogP contribution in [0.3, 0.4) is 0 Å². The van der Waals surface area contributed by atoms with Crippen molar-refractivity contribution < 1.29 is 9.59 Å². The number of anilines is 1. The monoisotopic (exact) mass is 390 g/mol. The summed E-state index contributed by atoms with van der Waals surface area (Å²) in [5.41, 5.74) is 2.69. The van der Waals surface area contributed by atoms with Crippen LogP contribution in [-0.4, -0.2) is 18.4 Å². The molecule has 1 heterocycles. The van der Waals surface area contributed by atoms with Gasteiger partial charge in [0.25, 0.3) is 0 Å². The lowest BCUT2D eigenvalue weighted by Crippen LogP contribution is -2.28. The Hall–Kier alpha value is -2.04. The zero-order chi connectivity index (χ0) is 18.7. The molecule has 0 radical (unpaired) electrons. The van der Waals surface area contributed by atoms with Crippen molar-refractivity contribution in [2.24, 2.45) is 0 Å². The van der Waals surface area contributed by atoms with Gasteiger partial charge in [0.15, 0.2) is 0 Å². The van der Waals surface area contributed by atoms with E-state index in [1.807, 2.05) is 37.3 Å². The maximum atomic E-state index is 12.3. The normalized spacial score (nSPS) is 15.2. The molecule has 6 heteroatoms. The zero-order valence-corrected chi connectivity index (χ0v) is 16.0. The van der Waals surface area contributed by atoms with Gasteiger partial charge in [-0.25, -0.2) is 0 Å². The summed E-state index contributed by atoms with van der Waals surface area (Å²) in [6.45, 7) is 2.67. The smallest absolute Gasteiger partial charge is 0.227 e. The SMILES string of the molecule is C[C@@H](NC(=O)Cc1ccc(N2CCCC2=O)cc1)c1ccc(Cl)c(Cl)c1. The van der Waals surface area contributed by atoms with Crippen molar-refractivity contribution in [1.29, 1.82) is 0 Å². The fourth-order valence-corrected chi connectivity index (χ4v) is 3.36. The predicted molar refractivity (Wildman–Crippen MR) is 105 cm³/mol. The summed E-state index contributed by atoms with van der Waals surface area (Å²) in [6, 6.07) is 12.7. The number of benzene rings is 2. The predicted octanol–water partition coefficient (Wildman–Crippen LogP) is 4.54. The Morgan fingerprint density at radius 1 is 1.15 bits per heavy atom. The van der Waals surface area contributed by atoms with Crippen LogP contribution in [0.5, 0.6) is 0 Å². The number of amides is 2. The molecule has 0 spiro atoms. The van der Waals surface area contributed by atoms with E-state index in [4.69, 9.17) is 23.2 Å². The second-order valence-electron chi connectivity index (χ2n) is 6.45. The molecule has 26 heavy (non-hydrogen) atoms. The first-order valence-electron chi connectivity index (χ1n) is 8.57. The van der Waals surface area contributed by atoms with Gasteiger partial charge in [-0.3, -0.25) is 9.59 Å². The Bertz CT molecular complexity index is 821. The Kier molecular flexibility index (Phi) is 5.84. The topological polar surface area (TPSA) is 49.4 Å². The van der Waals surface area contributed by atoms with Crippen molar-refractivity contribution in [2.45, 2.75) is 32.2 Å². The van der Waals surface area contributed by atoms with E-state index in [0.717, 1.165) is 29.8 Å². The molecular weight excluding hydrogens is 371 g/mol. The molecule has 136 valence electrons. The highest BCUT2D eigenvalue weighted by molar-refractivity contribution is 6.42. The van der Waals surface area contributed by atoms with Crippen molar-refractivity contribution in [1.82, 2.24) is 5.32 Å².